The summed E-state index contributed by atoms with van der Waals surface area (Å²) in [7, 11) is -4.68. The van der Waals surface area contributed by atoms with Gasteiger partial charge < -0.3 is 25.7 Å². The van der Waals surface area contributed by atoms with E-state index < -0.39 is 74.3 Å². The molecule has 0 bridgehead atoms. The number of hydrogen-bond acceptors (Lipinski definition) is 6. The van der Waals surface area contributed by atoms with Gasteiger partial charge in [0, 0.05) is 31.6 Å². The highest BCUT2D eigenvalue weighted by molar-refractivity contribution is 7.92. The topological polar surface area (TPSA) is 139 Å². The molecule has 2 unspecified atom stereocenters. The predicted octanol–water partition coefficient (Wildman–Crippen LogP) is 3.32. The number of β-amino-alcohol motifs (C(OH)–C–C–N with tert-alkyl or cyclic N) is 1. The Morgan fingerprint density at radius 3 is 2.24 bits per heavy atom. The quantitative estimate of drug-likeness (QED) is 0.315. The van der Waals surface area contributed by atoms with Gasteiger partial charge in [0.2, 0.25) is 5.91 Å². The van der Waals surface area contributed by atoms with E-state index in [1.807, 2.05) is 0 Å². The van der Waals surface area contributed by atoms with Gasteiger partial charge >= 0.3 is 18.4 Å². The molecule has 18 heteroatoms. The number of fused-ring (bicyclic) bond motifs is 1. The fourth-order valence-electron chi connectivity index (χ4n) is 5.59. The number of nitrogens with one attached hydrogen (secondary N) is 2. The Morgan fingerprint density at radius 2 is 1.65 bits per heavy atom. The summed E-state index contributed by atoms with van der Waals surface area (Å²) in [5.74, 6) is -1.39. The number of rotatable bonds is 8. The monoisotopic (exact) mass is 684 g/mol. The number of amides is 3. The molecule has 0 saturated carbocycles. The number of halogens is 7. The fraction of sp³-hybridized carbons (Fsp3) is 0.500. The largest absolute Gasteiger partial charge is 0.430 e. The van der Waals surface area contributed by atoms with Crippen LogP contribution in [0.3, 0.4) is 0 Å². The first-order valence-corrected chi connectivity index (χ1v) is 15.5. The number of benzene rings is 2. The van der Waals surface area contributed by atoms with E-state index in [2.05, 4.69) is 10.6 Å². The van der Waals surface area contributed by atoms with E-state index in [1.54, 1.807) is 6.92 Å². The molecule has 2 aliphatic rings. The summed E-state index contributed by atoms with van der Waals surface area (Å²) in [5, 5.41) is 25.8. The Hall–Kier alpha value is -3.64. The number of likely N-dealkylation sites (tertiary alicyclic amines) is 1. The summed E-state index contributed by atoms with van der Waals surface area (Å²) < 4.78 is 124. The second-order valence-corrected chi connectivity index (χ2v) is 13.0. The van der Waals surface area contributed by atoms with E-state index in [9.17, 15) is 59.0 Å². The zero-order valence-corrected chi connectivity index (χ0v) is 25.1. The van der Waals surface area contributed by atoms with Gasteiger partial charge in [-0.1, -0.05) is 12.1 Å². The maximum absolute atomic E-state index is 13.9. The van der Waals surface area contributed by atoms with Crippen LogP contribution in [0.2, 0.25) is 0 Å². The lowest BCUT2D eigenvalue weighted by molar-refractivity contribution is -0.376. The molecule has 4 N–H and O–H groups in total. The van der Waals surface area contributed by atoms with Gasteiger partial charge in [-0.3, -0.25) is 9.10 Å². The highest BCUT2D eigenvalue weighted by Crippen LogP contribution is 2.51. The smallest absolute Gasteiger partial charge is 0.386 e. The molecule has 0 aromatic heterocycles. The third-order valence-electron chi connectivity index (χ3n) is 8.01. The van der Waals surface area contributed by atoms with Gasteiger partial charge in [-0.25, -0.2) is 17.6 Å². The second-order valence-electron chi connectivity index (χ2n) is 11.2. The van der Waals surface area contributed by atoms with Gasteiger partial charge in [-0.15, -0.1) is 0 Å². The van der Waals surface area contributed by atoms with Crippen LogP contribution in [0.25, 0.3) is 0 Å². The van der Waals surface area contributed by atoms with Crippen LogP contribution in [-0.2, 0) is 26.8 Å². The van der Waals surface area contributed by atoms with Crippen LogP contribution in [0.4, 0.5) is 41.2 Å². The molecule has 0 radical (unpaired) electrons. The summed E-state index contributed by atoms with van der Waals surface area (Å²) in [6.07, 6.45) is -13.2. The van der Waals surface area contributed by atoms with Crippen molar-refractivity contribution in [3.05, 3.63) is 59.4 Å². The second kappa shape index (κ2) is 12.5. The summed E-state index contributed by atoms with van der Waals surface area (Å²) in [4.78, 5) is 25.9. The van der Waals surface area contributed by atoms with Crippen LogP contribution < -0.4 is 14.9 Å². The van der Waals surface area contributed by atoms with E-state index in [4.69, 9.17) is 0 Å². The number of aryl methyl sites for hydroxylation is 1. The van der Waals surface area contributed by atoms with Gasteiger partial charge in [0.15, 0.2) is 0 Å². The van der Waals surface area contributed by atoms with Crippen LogP contribution in [0.1, 0.15) is 37.3 Å². The van der Waals surface area contributed by atoms with Crippen LogP contribution in [0, 0.1) is 5.82 Å². The number of nitrogens with zero attached hydrogens (tertiary/aromatic N) is 2. The van der Waals surface area contributed by atoms with Crippen molar-refractivity contribution in [1.29, 1.82) is 0 Å². The minimum absolute atomic E-state index is 0.0528. The number of sulfonamides is 1. The average Bonchev–Trinajstić information content (AvgIpc) is 3.36. The standard InChI is InChI=1S/C28H31F7N4O6S/c1-2-36-24(41)37-15-25(42)11-12-38(16-25)23(40)14-20-7-3-17-13-18(26(43,27(30,31)32)28(33,34)35)4-10-22(17)39(20)46(44,45)21-8-5-19(29)6-9-21/h4-6,8-10,13,20,42-43H,2-3,7,11-12,14-16H2,1H3,(H2,36,37,41). The van der Waals surface area contributed by atoms with E-state index >= 15 is 0 Å². The van der Waals surface area contributed by atoms with Crippen molar-refractivity contribution in [3.8, 4) is 0 Å². The van der Waals surface area contributed by atoms with Gasteiger partial charge in [0.25, 0.3) is 15.6 Å². The lowest BCUT2D eigenvalue weighted by Gasteiger charge is -2.39. The maximum atomic E-state index is 13.9. The fourth-order valence-corrected chi connectivity index (χ4v) is 7.31. The Labute approximate surface area is 259 Å². The number of alkyl halides is 6. The van der Waals surface area contributed by atoms with E-state index in [0.29, 0.717) is 29.0 Å². The van der Waals surface area contributed by atoms with Gasteiger partial charge in [-0.05, 0) is 62.1 Å². The van der Waals surface area contributed by atoms with Crippen LogP contribution in [0.5, 0.6) is 0 Å². The summed E-state index contributed by atoms with van der Waals surface area (Å²) in [6, 6.07) is 3.25. The average molecular weight is 685 g/mol. The molecule has 1 fully saturated rings. The molecule has 46 heavy (non-hydrogen) atoms. The lowest BCUT2D eigenvalue weighted by atomic mass is 9.87. The number of anilines is 1. The minimum atomic E-state index is -6.17. The van der Waals surface area contributed by atoms with Crippen molar-refractivity contribution in [2.24, 2.45) is 0 Å². The highest BCUT2D eigenvalue weighted by atomic mass is 32.2. The van der Waals surface area contributed by atoms with E-state index in [0.717, 1.165) is 24.3 Å². The van der Waals surface area contributed by atoms with Crippen LogP contribution >= 0.6 is 0 Å². The summed E-state index contributed by atoms with van der Waals surface area (Å²) in [5.41, 5.74) is -8.90. The number of carbonyl (C=O) groups excluding carboxylic acids is 2. The number of urea groups is 1. The van der Waals surface area contributed by atoms with Crippen molar-refractivity contribution < 1.29 is 59.0 Å². The number of aliphatic hydroxyl groups is 2. The first-order valence-electron chi connectivity index (χ1n) is 14.0. The molecule has 2 aromatic rings. The van der Waals surface area contributed by atoms with E-state index in [-0.39, 0.29) is 50.1 Å². The highest BCUT2D eigenvalue weighted by Gasteiger charge is 2.71. The molecule has 2 atom stereocenters. The van der Waals surface area contributed by atoms with E-state index in [1.165, 1.54) is 4.90 Å². The molecule has 0 aliphatic carbocycles. The number of carbonyl (C=O) groups is 2. The maximum Gasteiger partial charge on any atom is 0.430 e. The molecular formula is C28H31F7N4O6S. The Kier molecular flexibility index (Phi) is 9.58. The Balaban J connectivity index is 1.68. The Morgan fingerprint density at radius 1 is 1.02 bits per heavy atom. The third-order valence-corrected chi connectivity index (χ3v) is 9.90. The first-order chi connectivity index (χ1) is 21.2. The van der Waals surface area contributed by atoms with Crippen molar-refractivity contribution in [2.75, 3.05) is 30.5 Å². The van der Waals surface area contributed by atoms with Gasteiger partial charge in [0.1, 0.15) is 11.4 Å². The Bertz CT molecular complexity index is 1560. The zero-order valence-electron chi connectivity index (χ0n) is 24.3. The van der Waals surface area contributed by atoms with Crippen molar-refractivity contribution in [3.63, 3.8) is 0 Å². The van der Waals surface area contributed by atoms with Crippen molar-refractivity contribution >= 4 is 27.6 Å². The molecular weight excluding hydrogens is 653 g/mol. The number of hydrogen-bond donors (Lipinski definition) is 4. The zero-order chi connectivity index (χ0) is 34.3. The molecule has 0 spiro atoms. The summed E-state index contributed by atoms with van der Waals surface area (Å²) >= 11 is 0. The molecule has 2 aliphatic heterocycles. The molecule has 254 valence electrons. The van der Waals surface area contributed by atoms with Crippen LogP contribution in [0.15, 0.2) is 47.4 Å². The van der Waals surface area contributed by atoms with Crippen LogP contribution in [-0.4, -0.2) is 85.6 Å². The third kappa shape index (κ3) is 6.73. The molecule has 1 saturated heterocycles. The van der Waals surface area contributed by atoms with Crippen molar-refractivity contribution in [1.82, 2.24) is 15.5 Å². The molecule has 3 amide bonds. The van der Waals surface area contributed by atoms with Gasteiger partial charge in [0.05, 0.1) is 23.2 Å². The molecule has 4 rings (SSSR count). The minimum Gasteiger partial charge on any atom is -0.386 e. The molecule has 2 heterocycles. The molecule has 2 aromatic carbocycles. The molecule has 10 nitrogen and oxygen atoms in total. The van der Waals surface area contributed by atoms with Gasteiger partial charge in [-0.2, -0.15) is 26.3 Å². The first kappa shape index (κ1) is 35.2. The lowest BCUT2D eigenvalue weighted by Crippen LogP contribution is -2.54. The predicted molar refractivity (Wildman–Crippen MR) is 148 cm³/mol. The van der Waals surface area contributed by atoms with Crippen molar-refractivity contribution in [2.45, 2.75) is 67.1 Å². The summed E-state index contributed by atoms with van der Waals surface area (Å²) in [6.45, 7) is 1.69. The normalized spacial score (nSPS) is 20.8. The SMILES string of the molecule is CCNC(=O)NCC1(O)CCN(C(=O)CC2CCc3cc(C(O)(C(F)(F)F)C(F)(F)F)ccc3N2S(=O)(=O)c2ccc(F)cc2)C1.